The van der Waals surface area contributed by atoms with Gasteiger partial charge in [0.2, 0.25) is 0 Å². The van der Waals surface area contributed by atoms with E-state index in [2.05, 4.69) is 25.5 Å². The molecule has 3 aliphatic rings. The molecule has 0 aromatic heterocycles. The Morgan fingerprint density at radius 2 is 1.83 bits per heavy atom. The summed E-state index contributed by atoms with van der Waals surface area (Å²) in [6, 6.07) is 6.01. The maximum Gasteiger partial charge on any atom is 0.508 e. The maximum atomic E-state index is 16.6. The first-order valence-corrected chi connectivity index (χ1v) is 12.8. The number of carbonyl (C=O) groups is 1. The second kappa shape index (κ2) is 12.4. The van der Waals surface area contributed by atoms with E-state index in [9.17, 15) is 9.90 Å². The summed E-state index contributed by atoms with van der Waals surface area (Å²) in [7, 11) is 2.88. The van der Waals surface area contributed by atoms with Gasteiger partial charge in [0, 0.05) is 17.8 Å². The predicted molar refractivity (Wildman–Crippen MR) is 129 cm³/mol. The van der Waals surface area contributed by atoms with Gasteiger partial charge in [-0.05, 0) is 75.6 Å². The lowest BCUT2D eigenvalue weighted by atomic mass is 9.53. The summed E-state index contributed by atoms with van der Waals surface area (Å²) in [5.41, 5.74) is -0.328. The van der Waals surface area contributed by atoms with Gasteiger partial charge >= 0.3 is 6.16 Å². The van der Waals surface area contributed by atoms with Crippen molar-refractivity contribution in [3.05, 3.63) is 29.3 Å². The van der Waals surface area contributed by atoms with Crippen LogP contribution in [-0.4, -0.2) is 63.0 Å². The Balaban J connectivity index is 0.000000476. The van der Waals surface area contributed by atoms with Crippen LogP contribution in [0.2, 0.25) is 0 Å². The van der Waals surface area contributed by atoms with Gasteiger partial charge in [-0.15, -0.1) is 0 Å². The molecular weight excluding hydrogens is 564 g/mol. The van der Waals surface area contributed by atoms with Gasteiger partial charge in [0.15, 0.2) is 0 Å². The van der Waals surface area contributed by atoms with Crippen LogP contribution in [0.3, 0.4) is 0 Å². The minimum Gasteiger partial charge on any atom is -1.00 e. The highest BCUT2D eigenvalue weighted by Gasteiger charge is 2.71. The van der Waals surface area contributed by atoms with Crippen LogP contribution in [0.4, 0.5) is 9.18 Å². The predicted octanol–water partition coefficient (Wildman–Crippen LogP) is 0.701. The van der Waals surface area contributed by atoms with Crippen molar-refractivity contribution in [3.63, 3.8) is 0 Å². The lowest BCUT2D eigenvalue weighted by Gasteiger charge is -2.54. The molecule has 1 aromatic rings. The van der Waals surface area contributed by atoms with Crippen LogP contribution in [0.1, 0.15) is 70.4 Å². The average Bonchev–Trinajstić information content (AvgIpc) is 3.05. The molecule has 0 saturated heterocycles. The number of hydrogen-bond acceptors (Lipinski definition) is 5. The van der Waals surface area contributed by atoms with E-state index in [0.717, 1.165) is 24.2 Å². The number of benzene rings is 1. The van der Waals surface area contributed by atoms with E-state index in [0.29, 0.717) is 12.8 Å². The molecule has 200 valence electrons. The summed E-state index contributed by atoms with van der Waals surface area (Å²) in [6.07, 6.45) is 0.243. The third-order valence-corrected chi connectivity index (χ3v) is 8.89. The Morgan fingerprint density at radius 3 is 2.37 bits per heavy atom. The molecule has 4 rings (SSSR count). The third-order valence-electron chi connectivity index (χ3n) is 8.89. The number of rotatable bonds is 5. The number of aliphatic hydroxyl groups excluding tert-OH is 1. The normalized spacial score (nSPS) is 32.7. The minimum absolute atomic E-state index is 0. The Labute approximate surface area is 226 Å². The molecule has 8 heteroatoms. The molecule has 3 aliphatic carbocycles. The minimum atomic E-state index is -1.79. The monoisotopic (exact) mass is 607 g/mol. The summed E-state index contributed by atoms with van der Waals surface area (Å²) >= 11 is 0. The molecule has 6 nitrogen and oxygen atoms in total. The van der Waals surface area contributed by atoms with Crippen molar-refractivity contribution in [1.29, 1.82) is 0 Å². The number of halogens is 2. The number of nitrogens with one attached hydrogen (secondary N) is 1. The Morgan fingerprint density at radius 1 is 1.17 bits per heavy atom. The molecule has 0 heterocycles. The molecule has 0 unspecified atom stereocenters. The van der Waals surface area contributed by atoms with Crippen molar-refractivity contribution in [2.24, 2.45) is 11.3 Å². The number of quaternary nitrogens is 1. The zero-order valence-corrected chi connectivity index (χ0v) is 24.2. The van der Waals surface area contributed by atoms with E-state index in [1.54, 1.807) is 12.0 Å². The van der Waals surface area contributed by atoms with Crippen LogP contribution in [0.5, 0.6) is 5.75 Å². The summed E-state index contributed by atoms with van der Waals surface area (Å²) in [6.45, 7) is 12.3. The van der Waals surface area contributed by atoms with Crippen molar-refractivity contribution >= 4 is 6.16 Å². The number of aliphatic hydroxyl groups is 1. The van der Waals surface area contributed by atoms with Gasteiger partial charge in [-0.2, -0.15) is 0 Å². The number of hydrogen-bond donors (Lipinski definition) is 2. The Kier molecular flexibility index (Phi) is 10.7. The first kappa shape index (κ1) is 30.1. The number of alkyl halides is 1. The average molecular weight is 608 g/mol. The number of carbonyl (C=O) groups excluding carboxylic acids is 1. The maximum absolute atomic E-state index is 16.6. The molecule has 0 radical (unpaired) electrons. The van der Waals surface area contributed by atoms with Crippen molar-refractivity contribution in [1.82, 2.24) is 0 Å². The van der Waals surface area contributed by atoms with Crippen molar-refractivity contribution < 1.29 is 57.4 Å². The molecular formula is C27H43FINO5. The van der Waals surface area contributed by atoms with Gasteiger partial charge in [-0.3, -0.25) is 0 Å². The van der Waals surface area contributed by atoms with Gasteiger partial charge in [-0.1, -0.05) is 13.0 Å². The quantitative estimate of drug-likeness (QED) is 0.382. The Hall–Kier alpha value is -1.13. The molecule has 0 aliphatic heterocycles. The van der Waals surface area contributed by atoms with Crippen molar-refractivity contribution in [2.45, 2.75) is 83.6 Å². The van der Waals surface area contributed by atoms with E-state index < -0.39 is 29.4 Å². The molecule has 2 saturated carbocycles. The van der Waals surface area contributed by atoms with E-state index in [4.69, 9.17) is 9.47 Å². The van der Waals surface area contributed by atoms with Crippen LogP contribution < -0.4 is 33.6 Å². The van der Waals surface area contributed by atoms with Crippen LogP contribution >= 0.6 is 0 Å². The molecule has 6 atom stereocenters. The molecule has 35 heavy (non-hydrogen) atoms. The highest BCUT2D eigenvalue weighted by molar-refractivity contribution is 5.60. The number of aryl methyl sites for hydroxylation is 1. The SMILES string of the molecule is CC[NH+](CC)CC.COC(=O)O[C@H]1C[C@@H](O)[C@]2(F)[C@@H]3CCc4cc(OC)ccc4[C@H]3CC[C@]12C.[I-]. The fraction of sp³-hybridized carbons (Fsp3) is 0.741. The van der Waals surface area contributed by atoms with Gasteiger partial charge in [0.25, 0.3) is 0 Å². The van der Waals surface area contributed by atoms with Crippen LogP contribution in [0.25, 0.3) is 0 Å². The molecule has 1 aromatic carbocycles. The summed E-state index contributed by atoms with van der Waals surface area (Å²) in [5, 5.41) is 10.7. The zero-order chi connectivity index (χ0) is 25.1. The Bertz CT molecular complexity index is 847. The van der Waals surface area contributed by atoms with Gasteiger partial charge in [0.1, 0.15) is 17.5 Å². The van der Waals surface area contributed by atoms with Gasteiger partial charge in [0.05, 0.1) is 40.0 Å². The highest BCUT2D eigenvalue weighted by atomic mass is 127. The van der Waals surface area contributed by atoms with Gasteiger partial charge < -0.3 is 48.2 Å². The first-order chi connectivity index (χ1) is 16.2. The van der Waals surface area contributed by atoms with E-state index >= 15 is 4.39 Å². The fourth-order valence-corrected chi connectivity index (χ4v) is 6.71. The zero-order valence-electron chi connectivity index (χ0n) is 22.0. The molecule has 0 amide bonds. The van der Waals surface area contributed by atoms with E-state index in [1.165, 1.54) is 32.3 Å². The summed E-state index contributed by atoms with van der Waals surface area (Å²) < 4.78 is 31.9. The van der Waals surface area contributed by atoms with E-state index in [-0.39, 0.29) is 42.2 Å². The van der Waals surface area contributed by atoms with Crippen LogP contribution in [0.15, 0.2) is 18.2 Å². The number of ether oxygens (including phenoxy) is 3. The molecule has 2 fully saturated rings. The van der Waals surface area contributed by atoms with E-state index in [1.807, 2.05) is 25.1 Å². The highest BCUT2D eigenvalue weighted by Crippen LogP contribution is 2.65. The first-order valence-electron chi connectivity index (χ1n) is 12.8. The van der Waals surface area contributed by atoms with Gasteiger partial charge in [-0.25, -0.2) is 9.18 Å². The molecule has 0 bridgehead atoms. The number of fused-ring (bicyclic) bond motifs is 5. The standard InChI is InChI=1S/C21H27FO5.C6H15N.HI/c1-20-9-8-15-14-6-5-13(25-2)10-12(14)4-7-16(15)21(20,22)17(23)11-18(20)27-19(24)26-3;1-4-7(5-2)6-3;/h5-6,10,15-18,23H,4,7-9,11H2,1-3H3;4-6H2,1-3H3;1H/t15-,16-,17-,18+,20-,21-;;/m1../s1. The lowest BCUT2D eigenvalue weighted by Crippen LogP contribution is -3.11. The lowest BCUT2D eigenvalue weighted by molar-refractivity contribution is -0.894. The smallest absolute Gasteiger partial charge is 0.508 e. The van der Waals surface area contributed by atoms with Crippen molar-refractivity contribution in [2.75, 3.05) is 33.9 Å². The second-order valence-corrected chi connectivity index (χ2v) is 10.2. The van der Waals surface area contributed by atoms with Crippen LogP contribution in [0, 0.1) is 11.3 Å². The number of methoxy groups -OCH3 is 2. The second-order valence-electron chi connectivity index (χ2n) is 10.2. The van der Waals surface area contributed by atoms with Crippen LogP contribution in [-0.2, 0) is 15.9 Å². The summed E-state index contributed by atoms with van der Waals surface area (Å²) in [4.78, 5) is 13.3. The molecule has 2 N–H and O–H groups in total. The fourth-order valence-electron chi connectivity index (χ4n) is 6.71. The summed E-state index contributed by atoms with van der Waals surface area (Å²) in [5.74, 6) is 0.581. The topological polar surface area (TPSA) is 69.4 Å². The molecule has 0 spiro atoms. The largest absolute Gasteiger partial charge is 1.00 e. The van der Waals surface area contributed by atoms with Crippen molar-refractivity contribution in [3.8, 4) is 5.75 Å². The third kappa shape index (κ3) is 5.44.